The molecule has 1 fully saturated rings. The van der Waals surface area contributed by atoms with E-state index in [2.05, 4.69) is 20.8 Å². The van der Waals surface area contributed by atoms with Crippen LogP contribution in [0.5, 0.6) is 0 Å². The summed E-state index contributed by atoms with van der Waals surface area (Å²) >= 11 is 0. The number of amides is 3. The molecule has 150 valence electrons. The van der Waals surface area contributed by atoms with Gasteiger partial charge in [0.05, 0.1) is 12.5 Å². The molecule has 1 aliphatic rings. The number of carbonyl (C=O) groups is 3. The summed E-state index contributed by atoms with van der Waals surface area (Å²) in [5.41, 5.74) is 5.22. The zero-order valence-electron chi connectivity index (χ0n) is 15.1. The van der Waals surface area contributed by atoms with Crippen molar-refractivity contribution in [1.82, 2.24) is 20.8 Å². The highest BCUT2D eigenvalue weighted by Crippen LogP contribution is 2.31. The van der Waals surface area contributed by atoms with Crippen LogP contribution in [0.15, 0.2) is 4.52 Å². The molecule has 27 heavy (non-hydrogen) atoms. The van der Waals surface area contributed by atoms with Gasteiger partial charge in [0, 0.05) is 5.92 Å². The van der Waals surface area contributed by atoms with Crippen LogP contribution in [0.4, 0.5) is 4.79 Å². The maximum Gasteiger partial charge on any atom is 0.328 e. The molecule has 1 aromatic heterocycles. The zero-order valence-corrected chi connectivity index (χ0v) is 15.1. The lowest BCUT2D eigenvalue weighted by atomic mass is 9.89. The minimum Gasteiger partial charge on any atom is -0.480 e. The number of aliphatic carboxylic acids is 1. The first-order valence-corrected chi connectivity index (χ1v) is 8.87. The molecule has 11 nitrogen and oxygen atoms in total. The van der Waals surface area contributed by atoms with Crippen LogP contribution in [0.2, 0.25) is 0 Å². The molecule has 3 atom stereocenters. The van der Waals surface area contributed by atoms with Crippen LogP contribution in [0.3, 0.4) is 0 Å². The normalized spacial score (nSPS) is 18.3. The third-order valence-corrected chi connectivity index (χ3v) is 4.47. The van der Waals surface area contributed by atoms with Crippen molar-refractivity contribution in [1.29, 1.82) is 0 Å². The minimum absolute atomic E-state index is 0.0217. The Morgan fingerprint density at radius 2 is 1.93 bits per heavy atom. The smallest absolute Gasteiger partial charge is 0.328 e. The lowest BCUT2D eigenvalue weighted by molar-refractivity contribution is -0.141. The Balaban J connectivity index is 2.08. The molecule has 3 amide bonds. The molecule has 0 spiro atoms. The third kappa shape index (κ3) is 5.91. The fourth-order valence-electron chi connectivity index (χ4n) is 3.05. The Kier molecular flexibility index (Phi) is 7.11. The van der Waals surface area contributed by atoms with Crippen molar-refractivity contribution in [3.8, 4) is 0 Å². The van der Waals surface area contributed by atoms with Crippen molar-refractivity contribution >= 4 is 17.9 Å². The number of hydrogen-bond acceptors (Lipinski definition) is 7. The summed E-state index contributed by atoms with van der Waals surface area (Å²) in [6, 6.07) is -3.43. The molecule has 0 aromatic carbocycles. The molecular weight excluding hydrogens is 358 g/mol. The molecule has 0 saturated heterocycles. The zero-order chi connectivity index (χ0) is 20.0. The average Bonchev–Trinajstić information content (AvgIpc) is 3.09. The van der Waals surface area contributed by atoms with Gasteiger partial charge in [-0.25, -0.2) is 9.59 Å². The number of rotatable bonds is 8. The van der Waals surface area contributed by atoms with E-state index in [0.717, 1.165) is 25.7 Å². The minimum atomic E-state index is -1.51. The van der Waals surface area contributed by atoms with Gasteiger partial charge in [0.25, 0.3) is 0 Å². The average molecular weight is 383 g/mol. The standard InChI is InChI=1S/C16H25N5O6/c1-8(22)12(15(24)25)19-16(26)18-10(7-11(17)23)14-20-13(21-27-14)9-5-3-2-4-6-9/h8-10,12,22H,2-7H2,1H3,(H2,17,23)(H,24,25)(H2,18,19,26)/t8?,10-,12-/m0/s1. The number of nitrogens with two attached hydrogens (primary N) is 1. The van der Waals surface area contributed by atoms with Gasteiger partial charge in [-0.3, -0.25) is 4.79 Å². The maximum atomic E-state index is 12.1. The summed E-state index contributed by atoms with van der Waals surface area (Å²) in [5, 5.41) is 26.9. The van der Waals surface area contributed by atoms with E-state index >= 15 is 0 Å². The molecule has 0 bridgehead atoms. The van der Waals surface area contributed by atoms with E-state index in [0.29, 0.717) is 5.82 Å². The van der Waals surface area contributed by atoms with E-state index < -0.39 is 36.1 Å². The van der Waals surface area contributed by atoms with Crippen LogP contribution < -0.4 is 16.4 Å². The first-order chi connectivity index (χ1) is 12.8. The van der Waals surface area contributed by atoms with E-state index in [1.54, 1.807) is 0 Å². The van der Waals surface area contributed by atoms with Crippen molar-refractivity contribution in [2.24, 2.45) is 5.73 Å². The molecule has 11 heteroatoms. The van der Waals surface area contributed by atoms with Crippen molar-refractivity contribution in [3.63, 3.8) is 0 Å². The number of nitrogens with zero attached hydrogens (tertiary/aromatic N) is 2. The second kappa shape index (κ2) is 9.31. The van der Waals surface area contributed by atoms with Gasteiger partial charge in [-0.15, -0.1) is 0 Å². The Labute approximate surface area is 155 Å². The second-order valence-electron chi connectivity index (χ2n) is 6.72. The highest BCUT2D eigenvalue weighted by Gasteiger charge is 2.29. The summed E-state index contributed by atoms with van der Waals surface area (Å²) in [5.74, 6) is -1.39. The number of carboxylic acids is 1. The number of carboxylic acid groups (broad SMARTS) is 1. The van der Waals surface area contributed by atoms with Crippen molar-refractivity contribution in [2.75, 3.05) is 0 Å². The number of urea groups is 1. The molecule has 2 rings (SSSR count). The largest absolute Gasteiger partial charge is 0.480 e. The Bertz CT molecular complexity index is 670. The van der Waals surface area contributed by atoms with E-state index in [1.165, 1.54) is 13.3 Å². The van der Waals surface area contributed by atoms with Crippen LogP contribution in [0.25, 0.3) is 0 Å². The summed E-state index contributed by atoms with van der Waals surface area (Å²) < 4.78 is 5.20. The SMILES string of the molecule is CC(O)[C@H](NC(=O)N[C@@H](CC(N)=O)c1nc(C2CCCCC2)no1)C(=O)O. The summed E-state index contributed by atoms with van der Waals surface area (Å²) in [6.07, 6.45) is 3.60. The van der Waals surface area contributed by atoms with Gasteiger partial charge in [-0.05, 0) is 19.8 Å². The Morgan fingerprint density at radius 1 is 1.26 bits per heavy atom. The summed E-state index contributed by atoms with van der Waals surface area (Å²) in [7, 11) is 0. The topological polar surface area (TPSA) is 181 Å². The molecule has 1 aromatic rings. The number of aliphatic hydroxyl groups is 1. The van der Waals surface area contributed by atoms with Crippen LogP contribution in [-0.4, -0.2) is 50.4 Å². The monoisotopic (exact) mass is 383 g/mol. The molecule has 0 aliphatic heterocycles. The molecule has 6 N–H and O–H groups in total. The van der Waals surface area contributed by atoms with Gasteiger partial charge < -0.3 is 31.1 Å². The van der Waals surface area contributed by atoms with Gasteiger partial charge in [0.1, 0.15) is 6.04 Å². The van der Waals surface area contributed by atoms with E-state index in [9.17, 15) is 19.5 Å². The van der Waals surface area contributed by atoms with Gasteiger partial charge in [-0.2, -0.15) is 4.98 Å². The molecule has 0 radical (unpaired) electrons. The summed E-state index contributed by atoms with van der Waals surface area (Å²) in [6.45, 7) is 1.23. The maximum absolute atomic E-state index is 12.1. The fourth-order valence-corrected chi connectivity index (χ4v) is 3.05. The number of aliphatic hydroxyl groups excluding tert-OH is 1. The Morgan fingerprint density at radius 3 is 2.48 bits per heavy atom. The van der Waals surface area contributed by atoms with Crippen LogP contribution >= 0.6 is 0 Å². The predicted octanol–water partition coefficient (Wildman–Crippen LogP) is 0.167. The van der Waals surface area contributed by atoms with E-state index in [-0.39, 0.29) is 18.2 Å². The lowest BCUT2D eigenvalue weighted by Gasteiger charge is -2.20. The predicted molar refractivity (Wildman–Crippen MR) is 91.4 cm³/mol. The van der Waals surface area contributed by atoms with Crippen molar-refractivity contribution in [2.45, 2.75) is 69.6 Å². The molecule has 1 heterocycles. The molecule has 1 aliphatic carbocycles. The quantitative estimate of drug-likeness (QED) is 0.421. The van der Waals surface area contributed by atoms with Crippen molar-refractivity contribution < 1.29 is 29.1 Å². The number of hydrogen-bond donors (Lipinski definition) is 5. The fraction of sp³-hybridized carbons (Fsp3) is 0.688. The van der Waals surface area contributed by atoms with Crippen LogP contribution in [-0.2, 0) is 9.59 Å². The number of aromatic nitrogens is 2. The van der Waals surface area contributed by atoms with Crippen LogP contribution in [0, 0.1) is 0 Å². The molecule has 1 unspecified atom stereocenters. The first kappa shape index (κ1) is 20.6. The van der Waals surface area contributed by atoms with Gasteiger partial charge >= 0.3 is 12.0 Å². The second-order valence-corrected chi connectivity index (χ2v) is 6.72. The third-order valence-electron chi connectivity index (χ3n) is 4.47. The number of carbonyl (C=O) groups excluding carboxylic acids is 2. The number of nitrogens with one attached hydrogen (secondary N) is 2. The highest BCUT2D eigenvalue weighted by atomic mass is 16.5. The van der Waals surface area contributed by atoms with E-state index in [1.807, 2.05) is 0 Å². The van der Waals surface area contributed by atoms with Gasteiger partial charge in [0.2, 0.25) is 11.8 Å². The lowest BCUT2D eigenvalue weighted by Crippen LogP contribution is -2.52. The van der Waals surface area contributed by atoms with Gasteiger partial charge in [-0.1, -0.05) is 24.4 Å². The summed E-state index contributed by atoms with van der Waals surface area (Å²) in [4.78, 5) is 38.8. The van der Waals surface area contributed by atoms with Crippen LogP contribution in [0.1, 0.15) is 69.1 Å². The first-order valence-electron chi connectivity index (χ1n) is 8.87. The molecule has 1 saturated carbocycles. The Hall–Kier alpha value is -2.69. The molecular formula is C16H25N5O6. The van der Waals surface area contributed by atoms with Gasteiger partial charge in [0.15, 0.2) is 11.9 Å². The van der Waals surface area contributed by atoms with E-state index in [4.69, 9.17) is 15.4 Å². The highest BCUT2D eigenvalue weighted by molar-refractivity contribution is 5.83. The number of primary amides is 1. The van der Waals surface area contributed by atoms with Crippen molar-refractivity contribution in [3.05, 3.63) is 11.7 Å².